The molecule has 1 saturated carbocycles. The van der Waals surface area contributed by atoms with Crippen LogP contribution < -0.4 is 10.6 Å². The largest absolute Gasteiger partial charge is 0.396 e. The summed E-state index contributed by atoms with van der Waals surface area (Å²) in [6, 6.07) is -0.00333. The average Bonchev–Trinajstić information content (AvgIpc) is 2.97. The van der Waals surface area contributed by atoms with Crippen molar-refractivity contribution in [2.45, 2.75) is 38.6 Å². The topological polar surface area (TPSA) is 61.4 Å². The first-order chi connectivity index (χ1) is 6.76. The molecule has 1 atom stereocenters. The van der Waals surface area contributed by atoms with Crippen molar-refractivity contribution in [1.82, 2.24) is 10.6 Å². The number of carbonyl (C=O) groups is 1. The van der Waals surface area contributed by atoms with Gasteiger partial charge in [0.25, 0.3) is 0 Å². The quantitative estimate of drug-likeness (QED) is 0.595. The van der Waals surface area contributed by atoms with Crippen molar-refractivity contribution in [2.75, 3.05) is 13.2 Å². The van der Waals surface area contributed by atoms with Crippen LogP contribution in [0.2, 0.25) is 0 Å². The van der Waals surface area contributed by atoms with E-state index in [-0.39, 0.29) is 18.7 Å². The number of aliphatic hydroxyl groups excluding tert-OH is 1. The van der Waals surface area contributed by atoms with E-state index in [1.54, 1.807) is 0 Å². The summed E-state index contributed by atoms with van der Waals surface area (Å²) in [5.41, 5.74) is 0. The Kier molecular flexibility index (Phi) is 4.73. The number of carbonyl (C=O) groups excluding carboxylic acids is 1. The molecule has 2 amide bonds. The molecular formula is C10H20N2O2. The Morgan fingerprint density at radius 2 is 2.29 bits per heavy atom. The Morgan fingerprint density at radius 1 is 1.57 bits per heavy atom. The van der Waals surface area contributed by atoms with Gasteiger partial charge in [-0.1, -0.05) is 6.92 Å². The third-order valence-corrected chi connectivity index (χ3v) is 2.55. The van der Waals surface area contributed by atoms with Crippen molar-refractivity contribution in [3.05, 3.63) is 0 Å². The van der Waals surface area contributed by atoms with E-state index in [1.165, 1.54) is 12.8 Å². The molecule has 82 valence electrons. The molecule has 0 heterocycles. The molecule has 1 rings (SSSR count). The number of amides is 2. The molecule has 0 radical (unpaired) electrons. The van der Waals surface area contributed by atoms with E-state index in [0.717, 1.165) is 13.0 Å². The minimum absolute atomic E-state index is 0.0965. The summed E-state index contributed by atoms with van der Waals surface area (Å²) in [6.45, 7) is 2.92. The van der Waals surface area contributed by atoms with E-state index in [9.17, 15) is 4.79 Å². The fourth-order valence-electron chi connectivity index (χ4n) is 1.33. The van der Waals surface area contributed by atoms with Crippen LogP contribution in [0.1, 0.15) is 32.6 Å². The van der Waals surface area contributed by atoms with Crippen molar-refractivity contribution in [1.29, 1.82) is 0 Å². The third kappa shape index (κ3) is 4.46. The number of urea groups is 1. The monoisotopic (exact) mass is 200 g/mol. The molecule has 0 aromatic heterocycles. The molecule has 0 aromatic rings. The second-order valence-electron chi connectivity index (χ2n) is 3.92. The molecule has 1 unspecified atom stereocenters. The predicted octanol–water partition coefficient (Wildman–Crippen LogP) is 0.857. The summed E-state index contributed by atoms with van der Waals surface area (Å²) >= 11 is 0. The molecule has 1 aliphatic carbocycles. The smallest absolute Gasteiger partial charge is 0.315 e. The predicted molar refractivity (Wildman–Crippen MR) is 55.0 cm³/mol. The Bertz CT molecular complexity index is 181. The summed E-state index contributed by atoms with van der Waals surface area (Å²) < 4.78 is 0. The summed E-state index contributed by atoms with van der Waals surface area (Å²) in [6.07, 6.45) is 3.98. The minimum atomic E-state index is -0.0998. The fourth-order valence-corrected chi connectivity index (χ4v) is 1.33. The zero-order chi connectivity index (χ0) is 10.4. The average molecular weight is 200 g/mol. The number of nitrogens with one attached hydrogen (secondary N) is 2. The van der Waals surface area contributed by atoms with Crippen molar-refractivity contribution in [3.8, 4) is 0 Å². The molecule has 0 aromatic carbocycles. The van der Waals surface area contributed by atoms with Crippen LogP contribution in [0, 0.1) is 5.92 Å². The summed E-state index contributed by atoms with van der Waals surface area (Å²) in [5.74, 6) is 0.707. The summed E-state index contributed by atoms with van der Waals surface area (Å²) in [7, 11) is 0. The summed E-state index contributed by atoms with van der Waals surface area (Å²) in [5, 5.41) is 14.4. The highest BCUT2D eigenvalue weighted by Gasteiger charge is 2.21. The highest BCUT2D eigenvalue weighted by Crippen LogP contribution is 2.27. The van der Waals surface area contributed by atoms with Gasteiger partial charge in [0.2, 0.25) is 0 Å². The second kappa shape index (κ2) is 5.86. The van der Waals surface area contributed by atoms with Crippen LogP contribution in [0.3, 0.4) is 0 Å². The van der Waals surface area contributed by atoms with Gasteiger partial charge >= 0.3 is 6.03 Å². The number of hydrogen-bond acceptors (Lipinski definition) is 2. The second-order valence-corrected chi connectivity index (χ2v) is 3.92. The van der Waals surface area contributed by atoms with Crippen LogP contribution in [0.25, 0.3) is 0 Å². The normalized spacial score (nSPS) is 17.6. The first kappa shape index (κ1) is 11.3. The fraction of sp³-hybridized carbons (Fsp3) is 0.900. The van der Waals surface area contributed by atoms with E-state index in [2.05, 4.69) is 10.6 Å². The first-order valence-electron chi connectivity index (χ1n) is 5.41. The van der Waals surface area contributed by atoms with Gasteiger partial charge in [-0.25, -0.2) is 4.79 Å². The maximum atomic E-state index is 11.3. The van der Waals surface area contributed by atoms with Gasteiger partial charge < -0.3 is 15.7 Å². The van der Waals surface area contributed by atoms with Gasteiger partial charge in [-0.3, -0.25) is 0 Å². The molecule has 3 N–H and O–H groups in total. The maximum absolute atomic E-state index is 11.3. The van der Waals surface area contributed by atoms with E-state index < -0.39 is 0 Å². The van der Waals surface area contributed by atoms with Crippen LogP contribution in [0.15, 0.2) is 0 Å². The standard InChI is InChI=1S/C10H20N2O2/c1-2-9(5-6-13)12-10(14)11-7-8-3-4-8/h8-9,13H,2-7H2,1H3,(H2,11,12,14). The van der Waals surface area contributed by atoms with Gasteiger partial charge in [0.1, 0.15) is 0 Å². The van der Waals surface area contributed by atoms with Gasteiger partial charge in [-0.05, 0) is 31.6 Å². The van der Waals surface area contributed by atoms with Gasteiger partial charge in [-0.15, -0.1) is 0 Å². The molecule has 1 fully saturated rings. The lowest BCUT2D eigenvalue weighted by Gasteiger charge is -2.16. The summed E-state index contributed by atoms with van der Waals surface area (Å²) in [4.78, 5) is 11.3. The first-order valence-corrected chi connectivity index (χ1v) is 5.41. The van der Waals surface area contributed by atoms with Crippen LogP contribution >= 0.6 is 0 Å². The molecule has 0 aliphatic heterocycles. The van der Waals surface area contributed by atoms with Crippen LogP contribution in [0.5, 0.6) is 0 Å². The SMILES string of the molecule is CCC(CCO)NC(=O)NCC1CC1. The maximum Gasteiger partial charge on any atom is 0.315 e. The lowest BCUT2D eigenvalue weighted by atomic mass is 10.2. The van der Waals surface area contributed by atoms with E-state index in [4.69, 9.17) is 5.11 Å². The van der Waals surface area contributed by atoms with Crippen molar-refractivity contribution in [2.24, 2.45) is 5.92 Å². The Balaban J connectivity index is 2.09. The lowest BCUT2D eigenvalue weighted by Crippen LogP contribution is -2.42. The highest BCUT2D eigenvalue weighted by molar-refractivity contribution is 5.74. The molecule has 0 bridgehead atoms. The van der Waals surface area contributed by atoms with Crippen molar-refractivity contribution >= 4 is 6.03 Å². The molecule has 4 nitrogen and oxygen atoms in total. The van der Waals surface area contributed by atoms with Crippen LogP contribution in [0.4, 0.5) is 4.79 Å². The molecule has 0 spiro atoms. The zero-order valence-electron chi connectivity index (χ0n) is 8.75. The van der Waals surface area contributed by atoms with Crippen LogP contribution in [-0.2, 0) is 0 Å². The van der Waals surface area contributed by atoms with E-state index in [1.807, 2.05) is 6.92 Å². The van der Waals surface area contributed by atoms with Crippen molar-refractivity contribution in [3.63, 3.8) is 0 Å². The van der Waals surface area contributed by atoms with Crippen molar-refractivity contribution < 1.29 is 9.90 Å². The molecule has 0 saturated heterocycles. The molecule has 14 heavy (non-hydrogen) atoms. The number of rotatable bonds is 6. The minimum Gasteiger partial charge on any atom is -0.396 e. The zero-order valence-corrected chi connectivity index (χ0v) is 8.75. The third-order valence-electron chi connectivity index (χ3n) is 2.55. The Labute approximate surface area is 85.1 Å². The van der Waals surface area contributed by atoms with Crippen LogP contribution in [-0.4, -0.2) is 30.3 Å². The highest BCUT2D eigenvalue weighted by atomic mass is 16.3. The van der Waals surface area contributed by atoms with Gasteiger partial charge in [0.05, 0.1) is 0 Å². The molecule has 1 aliphatic rings. The van der Waals surface area contributed by atoms with E-state index >= 15 is 0 Å². The number of hydrogen-bond donors (Lipinski definition) is 3. The Morgan fingerprint density at radius 3 is 2.79 bits per heavy atom. The molecule has 4 heteroatoms. The van der Waals surface area contributed by atoms with Gasteiger partial charge in [0.15, 0.2) is 0 Å². The van der Waals surface area contributed by atoms with E-state index in [0.29, 0.717) is 12.3 Å². The number of aliphatic hydroxyl groups is 1. The Hall–Kier alpha value is -0.770. The molecular weight excluding hydrogens is 180 g/mol. The lowest BCUT2D eigenvalue weighted by molar-refractivity contribution is 0.227. The van der Waals surface area contributed by atoms with Gasteiger partial charge in [0, 0.05) is 19.2 Å². The van der Waals surface area contributed by atoms with Gasteiger partial charge in [-0.2, -0.15) is 0 Å².